The summed E-state index contributed by atoms with van der Waals surface area (Å²) >= 11 is 0. The molecule has 0 unspecified atom stereocenters. The fraction of sp³-hybridized carbons (Fsp3) is 0.0909. The van der Waals surface area contributed by atoms with Crippen LogP contribution in [0.15, 0.2) is 146 Å². The van der Waals surface area contributed by atoms with E-state index in [0.717, 1.165) is 56.2 Å². The monoisotopic (exact) mass is 592 g/mol. The van der Waals surface area contributed by atoms with Crippen molar-refractivity contribution in [2.24, 2.45) is 0 Å². The molecule has 0 aliphatic rings. The van der Waals surface area contributed by atoms with Gasteiger partial charge in [-0.1, -0.05) is 109 Å². The Hall–Kier alpha value is -5.60. The van der Waals surface area contributed by atoms with Crippen molar-refractivity contribution < 1.29 is 0 Å². The van der Waals surface area contributed by atoms with E-state index in [1.807, 2.05) is 0 Å². The zero-order valence-corrected chi connectivity index (χ0v) is 26.8. The van der Waals surface area contributed by atoms with E-state index in [4.69, 9.17) is 9.97 Å². The third-order valence-corrected chi connectivity index (χ3v) is 8.85. The van der Waals surface area contributed by atoms with Gasteiger partial charge in [0.15, 0.2) is 0 Å². The van der Waals surface area contributed by atoms with E-state index in [2.05, 4.69) is 173 Å². The largest absolute Gasteiger partial charge is 0.248 e. The Morgan fingerprint density at radius 2 is 0.630 bits per heavy atom. The van der Waals surface area contributed by atoms with Gasteiger partial charge in [0.1, 0.15) is 0 Å². The van der Waals surface area contributed by atoms with Gasteiger partial charge in [0.2, 0.25) is 0 Å². The summed E-state index contributed by atoms with van der Waals surface area (Å²) in [6.07, 6.45) is 0. The lowest BCUT2D eigenvalue weighted by Crippen LogP contribution is -1.98. The van der Waals surface area contributed by atoms with Crippen molar-refractivity contribution in [3.05, 3.63) is 168 Å². The second kappa shape index (κ2) is 12.4. The van der Waals surface area contributed by atoms with Gasteiger partial charge >= 0.3 is 0 Å². The van der Waals surface area contributed by atoms with Gasteiger partial charge in [-0.15, -0.1) is 0 Å². The molecule has 222 valence electrons. The number of pyridine rings is 2. The first-order valence-corrected chi connectivity index (χ1v) is 15.8. The molecule has 2 heterocycles. The highest BCUT2D eigenvalue weighted by Gasteiger charge is 2.19. The first-order valence-electron chi connectivity index (χ1n) is 15.8. The van der Waals surface area contributed by atoms with Gasteiger partial charge < -0.3 is 0 Å². The predicted octanol–water partition coefficient (Wildman–Crippen LogP) is 11.7. The van der Waals surface area contributed by atoms with Gasteiger partial charge in [0.25, 0.3) is 0 Å². The molecule has 0 saturated heterocycles. The van der Waals surface area contributed by atoms with Crippen LogP contribution in [0.2, 0.25) is 0 Å². The Kier molecular flexibility index (Phi) is 7.86. The normalized spacial score (nSPS) is 11.0. The molecule has 0 fully saturated rings. The van der Waals surface area contributed by atoms with Crippen LogP contribution in [-0.4, -0.2) is 9.97 Å². The predicted molar refractivity (Wildman–Crippen MR) is 194 cm³/mol. The summed E-state index contributed by atoms with van der Waals surface area (Å²) in [7, 11) is 0. The first-order chi connectivity index (χ1) is 22.5. The van der Waals surface area contributed by atoms with E-state index in [-0.39, 0.29) is 0 Å². The van der Waals surface area contributed by atoms with Gasteiger partial charge in [-0.25, -0.2) is 9.97 Å². The minimum atomic E-state index is 0.944. The third kappa shape index (κ3) is 5.55. The zero-order chi connectivity index (χ0) is 31.6. The lowest BCUT2D eigenvalue weighted by atomic mass is 9.87. The van der Waals surface area contributed by atoms with E-state index < -0.39 is 0 Å². The Labute approximate surface area is 272 Å². The van der Waals surface area contributed by atoms with Crippen LogP contribution in [0, 0.1) is 27.7 Å². The zero-order valence-electron chi connectivity index (χ0n) is 26.8. The van der Waals surface area contributed by atoms with Crippen LogP contribution in [0.3, 0.4) is 0 Å². The molecule has 0 saturated carbocycles. The van der Waals surface area contributed by atoms with Crippen LogP contribution < -0.4 is 0 Å². The summed E-state index contributed by atoms with van der Waals surface area (Å²) in [5, 5.41) is 0. The molecule has 7 aromatic rings. The average molecular weight is 593 g/mol. The summed E-state index contributed by atoms with van der Waals surface area (Å²) in [6, 6.07) is 51.5. The smallest absolute Gasteiger partial charge is 0.0715 e. The molecule has 2 aromatic heterocycles. The quantitative estimate of drug-likeness (QED) is 0.192. The summed E-state index contributed by atoms with van der Waals surface area (Å²) in [6.45, 7) is 8.64. The first kappa shape index (κ1) is 29.1. The summed E-state index contributed by atoms with van der Waals surface area (Å²) in [5.74, 6) is 0. The molecule has 0 aliphatic heterocycles. The molecular weight excluding hydrogens is 556 g/mol. The highest BCUT2D eigenvalue weighted by molar-refractivity contribution is 5.94. The van der Waals surface area contributed by atoms with Crippen LogP contribution in [-0.2, 0) is 0 Å². The SMILES string of the molecule is Cc1cccc(C)c1-c1cccc(-c2cc(-c3ccccc3)c(-c3cccc(-c4c(C)cccc4C)n3)cc2-c2ccccc2)n1. The number of hydrogen-bond donors (Lipinski definition) is 0. The topological polar surface area (TPSA) is 25.8 Å². The highest BCUT2D eigenvalue weighted by Crippen LogP contribution is 2.42. The lowest BCUT2D eigenvalue weighted by Gasteiger charge is -2.19. The number of rotatable bonds is 6. The summed E-state index contributed by atoms with van der Waals surface area (Å²) < 4.78 is 0. The molecule has 2 heteroatoms. The Morgan fingerprint density at radius 1 is 0.304 bits per heavy atom. The van der Waals surface area contributed by atoms with Gasteiger partial charge in [-0.2, -0.15) is 0 Å². The average Bonchev–Trinajstić information content (AvgIpc) is 3.09. The molecule has 5 aromatic carbocycles. The maximum absolute atomic E-state index is 5.32. The van der Waals surface area contributed by atoms with E-state index in [1.165, 1.54) is 33.4 Å². The Balaban J connectivity index is 1.50. The van der Waals surface area contributed by atoms with Crippen LogP contribution in [0.1, 0.15) is 22.3 Å². The van der Waals surface area contributed by atoms with Crippen LogP contribution in [0.5, 0.6) is 0 Å². The van der Waals surface area contributed by atoms with Gasteiger partial charge in [-0.3, -0.25) is 0 Å². The second-order valence-electron chi connectivity index (χ2n) is 12.0. The molecule has 0 atom stereocenters. The van der Waals surface area contributed by atoms with Crippen LogP contribution in [0.4, 0.5) is 0 Å². The van der Waals surface area contributed by atoms with Crippen molar-refractivity contribution >= 4 is 0 Å². The summed E-state index contributed by atoms with van der Waals surface area (Å²) in [4.78, 5) is 10.6. The molecule has 0 radical (unpaired) electrons. The third-order valence-electron chi connectivity index (χ3n) is 8.85. The Morgan fingerprint density at radius 3 is 1.00 bits per heavy atom. The number of aromatic nitrogens is 2. The minimum absolute atomic E-state index is 0.944. The molecule has 0 bridgehead atoms. The van der Waals surface area contributed by atoms with Gasteiger partial charge in [0, 0.05) is 22.3 Å². The number of aryl methyl sites for hydroxylation is 4. The van der Waals surface area contributed by atoms with E-state index in [0.29, 0.717) is 0 Å². The summed E-state index contributed by atoms with van der Waals surface area (Å²) in [5.41, 5.74) is 17.9. The van der Waals surface area contributed by atoms with Crippen LogP contribution >= 0.6 is 0 Å². The lowest BCUT2D eigenvalue weighted by molar-refractivity contribution is 1.27. The van der Waals surface area contributed by atoms with Crippen molar-refractivity contribution in [2.75, 3.05) is 0 Å². The number of nitrogens with zero attached hydrogens (tertiary/aromatic N) is 2. The second-order valence-corrected chi connectivity index (χ2v) is 12.0. The highest BCUT2D eigenvalue weighted by atomic mass is 14.7. The maximum Gasteiger partial charge on any atom is 0.0715 e. The molecular formula is C44H36N2. The fourth-order valence-corrected chi connectivity index (χ4v) is 6.62. The molecule has 2 nitrogen and oxygen atoms in total. The number of benzene rings is 5. The maximum atomic E-state index is 5.32. The number of hydrogen-bond acceptors (Lipinski definition) is 2. The molecule has 0 spiro atoms. The van der Waals surface area contributed by atoms with E-state index in [1.54, 1.807) is 0 Å². The fourth-order valence-electron chi connectivity index (χ4n) is 6.62. The van der Waals surface area contributed by atoms with Crippen molar-refractivity contribution in [2.45, 2.75) is 27.7 Å². The van der Waals surface area contributed by atoms with E-state index in [9.17, 15) is 0 Å². The molecule has 0 N–H and O–H groups in total. The van der Waals surface area contributed by atoms with Gasteiger partial charge in [-0.05, 0) is 109 Å². The molecule has 46 heavy (non-hydrogen) atoms. The van der Waals surface area contributed by atoms with E-state index >= 15 is 0 Å². The van der Waals surface area contributed by atoms with Crippen molar-refractivity contribution in [3.63, 3.8) is 0 Å². The van der Waals surface area contributed by atoms with Crippen LogP contribution in [0.25, 0.3) is 67.3 Å². The molecule has 7 rings (SSSR count). The van der Waals surface area contributed by atoms with Crippen molar-refractivity contribution in [1.29, 1.82) is 0 Å². The van der Waals surface area contributed by atoms with Crippen molar-refractivity contribution in [3.8, 4) is 67.3 Å². The standard InChI is InChI=1S/C44H36N2/c1-29-15-11-16-30(2)43(29)41-25-13-23-39(45-41)37-27-36(34-21-9-6-10-22-34)38(28-35(37)33-19-7-5-8-20-33)40-24-14-26-42(46-40)44-31(3)17-12-18-32(44)4/h5-28H,1-4H3. The van der Waals surface area contributed by atoms with Gasteiger partial charge in [0.05, 0.1) is 22.8 Å². The molecule has 0 amide bonds. The van der Waals surface area contributed by atoms with Crippen molar-refractivity contribution in [1.82, 2.24) is 9.97 Å². The minimum Gasteiger partial charge on any atom is -0.248 e. The molecule has 0 aliphatic carbocycles. The Bertz CT molecular complexity index is 1980.